The van der Waals surface area contributed by atoms with Crippen LogP contribution in [0.3, 0.4) is 0 Å². The molecule has 0 radical (unpaired) electrons. The maximum atomic E-state index is 13.4. The zero-order valence-corrected chi connectivity index (χ0v) is 12.2. The number of carbonyl (C=O) groups is 1. The van der Waals surface area contributed by atoms with Gasteiger partial charge < -0.3 is 9.80 Å². The van der Waals surface area contributed by atoms with Crippen molar-refractivity contribution in [2.24, 2.45) is 0 Å². The molecule has 0 aromatic heterocycles. The topological polar surface area (TPSA) is 23.6 Å². The van der Waals surface area contributed by atoms with Crippen molar-refractivity contribution >= 4 is 17.3 Å². The minimum atomic E-state index is -0.379. The van der Waals surface area contributed by atoms with Crippen molar-refractivity contribution in [1.29, 1.82) is 0 Å². The summed E-state index contributed by atoms with van der Waals surface area (Å²) < 4.78 is 13.4. The van der Waals surface area contributed by atoms with Crippen LogP contribution in [0.15, 0.2) is 48.5 Å². The Balaban J connectivity index is 1.70. The number of benzene rings is 2. The quantitative estimate of drug-likeness (QED) is 0.847. The zero-order chi connectivity index (χ0) is 15.1. The second-order valence-electron chi connectivity index (χ2n) is 5.88. The van der Waals surface area contributed by atoms with Crippen LogP contribution in [-0.4, -0.2) is 25.0 Å². The van der Waals surface area contributed by atoms with Crippen molar-refractivity contribution in [2.75, 3.05) is 22.9 Å². The third-order valence-corrected chi connectivity index (χ3v) is 4.35. The van der Waals surface area contributed by atoms with E-state index in [1.54, 1.807) is 17.0 Å². The third-order valence-electron chi connectivity index (χ3n) is 4.35. The molecule has 1 aliphatic heterocycles. The number of para-hydroxylation sites is 2. The molecule has 2 aromatic rings. The fraction of sp³-hybridized carbons (Fsp3) is 0.278. The van der Waals surface area contributed by atoms with Gasteiger partial charge in [-0.25, -0.2) is 4.39 Å². The Morgan fingerprint density at radius 1 is 1.00 bits per heavy atom. The van der Waals surface area contributed by atoms with Gasteiger partial charge in [-0.05, 0) is 43.2 Å². The highest BCUT2D eigenvalue weighted by molar-refractivity contribution is 6.08. The summed E-state index contributed by atoms with van der Waals surface area (Å²) in [7, 11) is 0. The number of hydrogen-bond acceptors (Lipinski definition) is 2. The van der Waals surface area contributed by atoms with Crippen molar-refractivity contribution < 1.29 is 9.18 Å². The van der Waals surface area contributed by atoms with Gasteiger partial charge in [-0.15, -0.1) is 0 Å². The first-order valence-corrected chi connectivity index (χ1v) is 7.67. The average Bonchev–Trinajstić information content (AvgIpc) is 3.38. The number of amides is 1. The first-order valence-electron chi connectivity index (χ1n) is 7.67. The van der Waals surface area contributed by atoms with Crippen LogP contribution < -0.4 is 9.80 Å². The molecule has 4 rings (SSSR count). The van der Waals surface area contributed by atoms with E-state index in [-0.39, 0.29) is 11.7 Å². The van der Waals surface area contributed by atoms with Gasteiger partial charge in [0.25, 0.3) is 5.91 Å². The molecule has 112 valence electrons. The van der Waals surface area contributed by atoms with Crippen LogP contribution in [0.5, 0.6) is 0 Å². The van der Waals surface area contributed by atoms with Gasteiger partial charge in [0.15, 0.2) is 0 Å². The molecule has 0 spiro atoms. The van der Waals surface area contributed by atoms with Crippen molar-refractivity contribution in [2.45, 2.75) is 18.9 Å². The number of hydrogen-bond donors (Lipinski definition) is 0. The Morgan fingerprint density at radius 2 is 1.77 bits per heavy atom. The normalized spacial score (nSPS) is 17.3. The highest BCUT2D eigenvalue weighted by Gasteiger charge is 2.35. The predicted molar refractivity (Wildman–Crippen MR) is 84.9 cm³/mol. The molecule has 2 aromatic carbocycles. The van der Waals surface area contributed by atoms with E-state index in [1.165, 1.54) is 25.0 Å². The summed E-state index contributed by atoms with van der Waals surface area (Å²) >= 11 is 0. The molecule has 0 bridgehead atoms. The minimum Gasteiger partial charge on any atom is -0.365 e. The van der Waals surface area contributed by atoms with Crippen LogP contribution in [-0.2, 0) is 0 Å². The van der Waals surface area contributed by atoms with Crippen molar-refractivity contribution in [1.82, 2.24) is 0 Å². The molecule has 1 fully saturated rings. The summed E-state index contributed by atoms with van der Waals surface area (Å²) in [4.78, 5) is 16.9. The van der Waals surface area contributed by atoms with Crippen molar-refractivity contribution in [3.8, 4) is 0 Å². The lowest BCUT2D eigenvalue weighted by molar-refractivity contribution is 0.0986. The molecule has 0 saturated heterocycles. The largest absolute Gasteiger partial charge is 0.365 e. The summed E-state index contributed by atoms with van der Waals surface area (Å²) in [6, 6.07) is 14.5. The SMILES string of the molecule is O=C(c1cccc(F)c1)N1CCN(C2CC2)c2ccccc21. The Bertz CT molecular complexity index is 727. The number of rotatable bonds is 2. The number of nitrogens with zero attached hydrogens (tertiary/aromatic N) is 2. The highest BCUT2D eigenvalue weighted by atomic mass is 19.1. The van der Waals surface area contributed by atoms with Crippen LogP contribution in [0.2, 0.25) is 0 Å². The van der Waals surface area contributed by atoms with Crippen LogP contribution in [0.1, 0.15) is 23.2 Å². The smallest absolute Gasteiger partial charge is 0.258 e. The summed E-state index contributed by atoms with van der Waals surface area (Å²) in [5, 5.41) is 0. The fourth-order valence-electron chi connectivity index (χ4n) is 3.14. The second-order valence-corrected chi connectivity index (χ2v) is 5.88. The van der Waals surface area contributed by atoms with Gasteiger partial charge in [0, 0.05) is 24.7 Å². The van der Waals surface area contributed by atoms with E-state index < -0.39 is 0 Å². The van der Waals surface area contributed by atoms with Gasteiger partial charge in [0.2, 0.25) is 0 Å². The Hall–Kier alpha value is -2.36. The standard InChI is InChI=1S/C18H17FN2O/c19-14-5-3-4-13(12-14)18(22)21-11-10-20(15-8-9-15)16-6-1-2-7-17(16)21/h1-7,12,15H,8-11H2. The summed E-state index contributed by atoms with van der Waals surface area (Å²) in [5.74, 6) is -0.516. The Kier molecular flexibility index (Phi) is 3.10. The van der Waals surface area contributed by atoms with Gasteiger partial charge in [-0.3, -0.25) is 4.79 Å². The van der Waals surface area contributed by atoms with E-state index in [1.807, 2.05) is 18.2 Å². The molecule has 22 heavy (non-hydrogen) atoms. The summed E-state index contributed by atoms with van der Waals surface area (Å²) in [6.45, 7) is 1.48. The molecule has 0 atom stereocenters. The van der Waals surface area contributed by atoms with Gasteiger partial charge in [0.1, 0.15) is 5.82 Å². The number of fused-ring (bicyclic) bond motifs is 1. The third kappa shape index (κ3) is 2.25. The van der Waals surface area contributed by atoms with Crippen molar-refractivity contribution in [3.63, 3.8) is 0 Å². The summed E-state index contributed by atoms with van der Waals surface area (Å²) in [6.07, 6.45) is 2.46. The lowest BCUT2D eigenvalue weighted by atomic mass is 10.1. The van der Waals surface area contributed by atoms with Crippen LogP contribution in [0, 0.1) is 5.82 Å². The van der Waals surface area contributed by atoms with Crippen LogP contribution in [0.4, 0.5) is 15.8 Å². The zero-order valence-electron chi connectivity index (χ0n) is 12.2. The van der Waals surface area contributed by atoms with E-state index in [4.69, 9.17) is 0 Å². The van der Waals surface area contributed by atoms with Crippen LogP contribution in [0.25, 0.3) is 0 Å². The van der Waals surface area contributed by atoms with E-state index in [2.05, 4.69) is 11.0 Å². The maximum Gasteiger partial charge on any atom is 0.258 e. The number of carbonyl (C=O) groups excluding carboxylic acids is 1. The molecule has 1 saturated carbocycles. The molecule has 1 heterocycles. The van der Waals surface area contributed by atoms with E-state index in [9.17, 15) is 9.18 Å². The monoisotopic (exact) mass is 296 g/mol. The minimum absolute atomic E-state index is 0.137. The molecular weight excluding hydrogens is 279 g/mol. The molecule has 4 heteroatoms. The molecule has 0 N–H and O–H groups in total. The highest BCUT2D eigenvalue weighted by Crippen LogP contribution is 2.40. The predicted octanol–water partition coefficient (Wildman–Crippen LogP) is 3.45. The van der Waals surface area contributed by atoms with Crippen LogP contribution >= 0.6 is 0 Å². The Morgan fingerprint density at radius 3 is 2.50 bits per heavy atom. The summed E-state index contributed by atoms with van der Waals surface area (Å²) in [5.41, 5.74) is 2.44. The van der Waals surface area contributed by atoms with E-state index in [0.717, 1.165) is 17.9 Å². The molecule has 1 amide bonds. The molecule has 2 aliphatic rings. The van der Waals surface area contributed by atoms with Crippen molar-refractivity contribution in [3.05, 3.63) is 59.9 Å². The molecular formula is C18H17FN2O. The first-order chi connectivity index (χ1) is 10.7. The lowest BCUT2D eigenvalue weighted by Gasteiger charge is -2.38. The van der Waals surface area contributed by atoms with E-state index in [0.29, 0.717) is 18.2 Å². The molecule has 0 unspecified atom stereocenters. The number of halogens is 1. The Labute approximate surface area is 129 Å². The average molecular weight is 296 g/mol. The van der Waals surface area contributed by atoms with E-state index >= 15 is 0 Å². The number of anilines is 2. The van der Waals surface area contributed by atoms with Gasteiger partial charge in [-0.2, -0.15) is 0 Å². The molecule has 3 nitrogen and oxygen atoms in total. The molecule has 1 aliphatic carbocycles. The fourth-order valence-corrected chi connectivity index (χ4v) is 3.14. The van der Waals surface area contributed by atoms with Gasteiger partial charge in [-0.1, -0.05) is 18.2 Å². The lowest BCUT2D eigenvalue weighted by Crippen LogP contribution is -2.45. The van der Waals surface area contributed by atoms with Gasteiger partial charge in [0.05, 0.1) is 11.4 Å². The second kappa shape index (κ2) is 5.13. The first kappa shape index (κ1) is 13.3. The maximum absolute atomic E-state index is 13.4. The van der Waals surface area contributed by atoms with Gasteiger partial charge >= 0.3 is 0 Å².